The number of aliphatic hydroxyl groups is 1. The first-order valence-electron chi connectivity index (χ1n) is 6.37. The van der Waals surface area contributed by atoms with Gasteiger partial charge in [-0.3, -0.25) is 0 Å². The molecular weight excluding hydrogens is 228 g/mol. The van der Waals surface area contributed by atoms with E-state index in [0.717, 1.165) is 30.0 Å². The van der Waals surface area contributed by atoms with E-state index in [4.69, 9.17) is 5.73 Å². The predicted octanol–water partition coefficient (Wildman–Crippen LogP) is 1.75. The van der Waals surface area contributed by atoms with Crippen LogP contribution in [0.2, 0.25) is 0 Å². The summed E-state index contributed by atoms with van der Waals surface area (Å²) >= 11 is 0. The first kappa shape index (κ1) is 14.7. The van der Waals surface area contributed by atoms with Crippen molar-refractivity contribution >= 4 is 11.6 Å². The van der Waals surface area contributed by atoms with Gasteiger partial charge in [0, 0.05) is 30.6 Å². The molecule has 0 saturated carbocycles. The molecule has 5 nitrogen and oxygen atoms in total. The van der Waals surface area contributed by atoms with Crippen LogP contribution in [-0.4, -0.2) is 28.2 Å². The Labute approximate surface area is 109 Å². The molecule has 0 bridgehead atoms. The summed E-state index contributed by atoms with van der Waals surface area (Å²) in [7, 11) is 0. The summed E-state index contributed by atoms with van der Waals surface area (Å²) in [6, 6.07) is 0. The third-order valence-corrected chi connectivity index (χ3v) is 2.87. The van der Waals surface area contributed by atoms with E-state index in [1.54, 1.807) is 0 Å². The molecule has 1 rings (SSSR count). The molecule has 0 atom stereocenters. The first-order chi connectivity index (χ1) is 8.39. The monoisotopic (exact) mass is 252 g/mol. The standard InChI is InChI=1S/C13H24N4O/c1-5-6-10-16-11(14)9(2)12(17-10)15-7-13(3,4)8-18/h18H,5-8H2,1-4H3,(H3,14,15,16,17). The zero-order chi connectivity index (χ0) is 13.8. The number of nitrogens with zero attached hydrogens (tertiary/aromatic N) is 2. The van der Waals surface area contributed by atoms with Crippen molar-refractivity contribution in [2.45, 2.75) is 40.5 Å². The van der Waals surface area contributed by atoms with Crippen LogP contribution in [0.4, 0.5) is 11.6 Å². The van der Waals surface area contributed by atoms with E-state index in [-0.39, 0.29) is 12.0 Å². The van der Waals surface area contributed by atoms with Gasteiger partial charge >= 0.3 is 0 Å². The molecule has 4 N–H and O–H groups in total. The van der Waals surface area contributed by atoms with Crippen molar-refractivity contribution in [1.82, 2.24) is 9.97 Å². The van der Waals surface area contributed by atoms with Gasteiger partial charge in [-0.25, -0.2) is 9.97 Å². The van der Waals surface area contributed by atoms with Crippen molar-refractivity contribution in [1.29, 1.82) is 0 Å². The summed E-state index contributed by atoms with van der Waals surface area (Å²) in [4.78, 5) is 8.74. The van der Waals surface area contributed by atoms with Crippen molar-refractivity contribution in [2.24, 2.45) is 5.41 Å². The Hall–Kier alpha value is -1.36. The van der Waals surface area contributed by atoms with E-state index in [1.807, 2.05) is 20.8 Å². The molecule has 0 unspecified atom stereocenters. The number of aliphatic hydroxyl groups excluding tert-OH is 1. The molecule has 18 heavy (non-hydrogen) atoms. The summed E-state index contributed by atoms with van der Waals surface area (Å²) in [6.07, 6.45) is 1.81. The first-order valence-corrected chi connectivity index (χ1v) is 6.37. The van der Waals surface area contributed by atoms with Gasteiger partial charge in [-0.15, -0.1) is 0 Å². The molecule has 1 aromatic rings. The Balaban J connectivity index is 2.87. The molecule has 1 heterocycles. The highest BCUT2D eigenvalue weighted by Crippen LogP contribution is 2.20. The van der Waals surface area contributed by atoms with Crippen LogP contribution in [0, 0.1) is 12.3 Å². The minimum Gasteiger partial charge on any atom is -0.396 e. The third kappa shape index (κ3) is 3.84. The van der Waals surface area contributed by atoms with Gasteiger partial charge in [-0.1, -0.05) is 20.8 Å². The Kier molecular flexibility index (Phi) is 4.90. The van der Waals surface area contributed by atoms with Crippen LogP contribution in [-0.2, 0) is 6.42 Å². The number of rotatable bonds is 6. The average molecular weight is 252 g/mol. The summed E-state index contributed by atoms with van der Waals surface area (Å²) in [5.41, 5.74) is 6.56. The van der Waals surface area contributed by atoms with E-state index in [0.29, 0.717) is 12.4 Å². The van der Waals surface area contributed by atoms with E-state index < -0.39 is 0 Å². The molecule has 0 amide bonds. The van der Waals surface area contributed by atoms with Gasteiger partial charge in [-0.05, 0) is 13.3 Å². The van der Waals surface area contributed by atoms with Crippen LogP contribution in [0.3, 0.4) is 0 Å². The van der Waals surface area contributed by atoms with Crippen molar-refractivity contribution in [3.05, 3.63) is 11.4 Å². The molecule has 0 spiro atoms. The van der Waals surface area contributed by atoms with Gasteiger partial charge < -0.3 is 16.2 Å². The van der Waals surface area contributed by atoms with Crippen LogP contribution in [0.5, 0.6) is 0 Å². The second kappa shape index (κ2) is 6.00. The van der Waals surface area contributed by atoms with E-state index in [9.17, 15) is 5.11 Å². The van der Waals surface area contributed by atoms with E-state index >= 15 is 0 Å². The van der Waals surface area contributed by atoms with Gasteiger partial charge in [0.1, 0.15) is 17.5 Å². The molecule has 102 valence electrons. The van der Waals surface area contributed by atoms with Crippen LogP contribution in [0.25, 0.3) is 0 Å². The number of nitrogen functional groups attached to an aromatic ring is 1. The van der Waals surface area contributed by atoms with Crippen molar-refractivity contribution in [3.8, 4) is 0 Å². The SMILES string of the molecule is CCCc1nc(N)c(C)c(NCC(C)(C)CO)n1. The van der Waals surface area contributed by atoms with Gasteiger partial charge in [0.25, 0.3) is 0 Å². The molecule has 5 heteroatoms. The molecule has 0 aromatic carbocycles. The lowest BCUT2D eigenvalue weighted by molar-refractivity contribution is 0.170. The van der Waals surface area contributed by atoms with E-state index in [2.05, 4.69) is 22.2 Å². The van der Waals surface area contributed by atoms with Crippen molar-refractivity contribution in [3.63, 3.8) is 0 Å². The Bertz CT molecular complexity index is 404. The molecule has 0 aliphatic carbocycles. The van der Waals surface area contributed by atoms with Crippen LogP contribution < -0.4 is 11.1 Å². The average Bonchev–Trinajstić information content (AvgIpc) is 2.32. The number of nitrogens with two attached hydrogens (primary N) is 1. The maximum Gasteiger partial charge on any atom is 0.134 e. The summed E-state index contributed by atoms with van der Waals surface area (Å²) in [5, 5.41) is 12.5. The maximum atomic E-state index is 9.24. The van der Waals surface area contributed by atoms with Gasteiger partial charge in [0.2, 0.25) is 0 Å². The second-order valence-corrected chi connectivity index (χ2v) is 5.42. The molecule has 0 radical (unpaired) electrons. The fourth-order valence-electron chi connectivity index (χ4n) is 1.47. The Morgan fingerprint density at radius 3 is 2.56 bits per heavy atom. The summed E-state index contributed by atoms with van der Waals surface area (Å²) in [5.74, 6) is 2.06. The fourth-order valence-corrected chi connectivity index (χ4v) is 1.47. The zero-order valence-electron chi connectivity index (χ0n) is 11.7. The normalized spacial score (nSPS) is 11.6. The van der Waals surface area contributed by atoms with Crippen LogP contribution in [0.15, 0.2) is 0 Å². The second-order valence-electron chi connectivity index (χ2n) is 5.42. The van der Waals surface area contributed by atoms with Crippen LogP contribution in [0.1, 0.15) is 38.6 Å². The molecule has 1 aromatic heterocycles. The highest BCUT2D eigenvalue weighted by molar-refractivity contribution is 5.54. The Morgan fingerprint density at radius 2 is 2.00 bits per heavy atom. The third-order valence-electron chi connectivity index (χ3n) is 2.87. The van der Waals surface area contributed by atoms with Gasteiger partial charge in [0.15, 0.2) is 0 Å². The lowest BCUT2D eigenvalue weighted by Crippen LogP contribution is -2.27. The summed E-state index contributed by atoms with van der Waals surface area (Å²) < 4.78 is 0. The van der Waals surface area contributed by atoms with Crippen molar-refractivity contribution < 1.29 is 5.11 Å². The topological polar surface area (TPSA) is 84.1 Å². The van der Waals surface area contributed by atoms with Crippen LogP contribution >= 0.6 is 0 Å². The lowest BCUT2D eigenvalue weighted by Gasteiger charge is -2.23. The largest absolute Gasteiger partial charge is 0.396 e. The molecule has 0 fully saturated rings. The summed E-state index contributed by atoms with van der Waals surface area (Å²) in [6.45, 7) is 8.74. The van der Waals surface area contributed by atoms with E-state index in [1.165, 1.54) is 0 Å². The fraction of sp³-hybridized carbons (Fsp3) is 0.692. The maximum absolute atomic E-state index is 9.24. The quantitative estimate of drug-likeness (QED) is 0.718. The van der Waals surface area contributed by atoms with Crippen molar-refractivity contribution in [2.75, 3.05) is 24.2 Å². The smallest absolute Gasteiger partial charge is 0.134 e. The number of anilines is 2. The number of aromatic nitrogens is 2. The number of hydrogen-bond donors (Lipinski definition) is 3. The highest BCUT2D eigenvalue weighted by atomic mass is 16.3. The number of hydrogen-bond acceptors (Lipinski definition) is 5. The molecule has 0 saturated heterocycles. The Morgan fingerprint density at radius 1 is 1.33 bits per heavy atom. The number of nitrogens with one attached hydrogen (secondary N) is 1. The molecule has 0 aliphatic heterocycles. The van der Waals surface area contributed by atoms with Gasteiger partial charge in [0.05, 0.1) is 0 Å². The van der Waals surface area contributed by atoms with Gasteiger partial charge in [-0.2, -0.15) is 0 Å². The highest BCUT2D eigenvalue weighted by Gasteiger charge is 2.17. The zero-order valence-corrected chi connectivity index (χ0v) is 11.7. The minimum absolute atomic E-state index is 0.126. The predicted molar refractivity (Wildman–Crippen MR) is 74.5 cm³/mol. The molecule has 0 aliphatic rings. The molecular formula is C13H24N4O. The lowest BCUT2D eigenvalue weighted by atomic mass is 9.95. The minimum atomic E-state index is -0.183. The number of aryl methyl sites for hydroxylation is 1.